The van der Waals surface area contributed by atoms with Gasteiger partial charge in [-0.15, -0.1) is 0 Å². The number of rotatable bonds is 10. The van der Waals surface area contributed by atoms with E-state index in [1.807, 2.05) is 13.8 Å². The molecule has 0 aliphatic heterocycles. The van der Waals surface area contributed by atoms with Crippen LogP contribution >= 0.6 is 0 Å². The number of hydrogen-bond acceptors (Lipinski definition) is 4. The Labute approximate surface area is 128 Å². The lowest BCUT2D eigenvalue weighted by Crippen LogP contribution is -2.15. The fourth-order valence-corrected chi connectivity index (χ4v) is 2.75. The zero-order valence-electron chi connectivity index (χ0n) is 13.4. The average Bonchev–Trinajstić information content (AvgIpc) is 3.09. The quantitative estimate of drug-likeness (QED) is 0.674. The molecule has 0 bridgehead atoms. The molecular weight excluding hydrogens is 266 g/mol. The summed E-state index contributed by atoms with van der Waals surface area (Å²) in [5.74, 6) is 0.944. The average molecular weight is 295 g/mol. The van der Waals surface area contributed by atoms with Gasteiger partial charge in [0, 0.05) is 32.5 Å². The Morgan fingerprint density at radius 3 is 2.90 bits per heavy atom. The zero-order valence-corrected chi connectivity index (χ0v) is 13.4. The molecule has 5 nitrogen and oxygen atoms in total. The highest BCUT2D eigenvalue weighted by Gasteiger charge is 2.15. The van der Waals surface area contributed by atoms with Crippen LogP contribution in [0, 0.1) is 6.92 Å². The SMILES string of the molecule is CCOCCCNc1nc(C)cn1CCOC1CCCC1. The molecule has 0 unspecified atom stereocenters. The van der Waals surface area contributed by atoms with Gasteiger partial charge in [0.25, 0.3) is 0 Å². The molecule has 0 saturated heterocycles. The monoisotopic (exact) mass is 295 g/mol. The van der Waals surface area contributed by atoms with Crippen LogP contribution in [-0.4, -0.2) is 42.0 Å². The van der Waals surface area contributed by atoms with Crippen LogP contribution in [0.1, 0.15) is 44.7 Å². The second-order valence-corrected chi connectivity index (χ2v) is 5.65. The van der Waals surface area contributed by atoms with Crippen LogP contribution in [0.4, 0.5) is 5.95 Å². The summed E-state index contributed by atoms with van der Waals surface area (Å²) in [7, 11) is 0. The summed E-state index contributed by atoms with van der Waals surface area (Å²) in [6.45, 7) is 8.16. The number of anilines is 1. The molecule has 1 N–H and O–H groups in total. The van der Waals surface area contributed by atoms with Gasteiger partial charge in [0.2, 0.25) is 5.95 Å². The first-order valence-electron chi connectivity index (χ1n) is 8.26. The number of hydrogen-bond donors (Lipinski definition) is 1. The van der Waals surface area contributed by atoms with Crippen molar-refractivity contribution in [2.75, 3.05) is 31.7 Å². The number of imidazole rings is 1. The van der Waals surface area contributed by atoms with Gasteiger partial charge in [0.15, 0.2) is 0 Å². The summed E-state index contributed by atoms with van der Waals surface area (Å²) in [5.41, 5.74) is 1.04. The van der Waals surface area contributed by atoms with Crippen LogP contribution in [0.15, 0.2) is 6.20 Å². The van der Waals surface area contributed by atoms with E-state index in [0.717, 1.165) is 51.0 Å². The van der Waals surface area contributed by atoms with Crippen LogP contribution < -0.4 is 5.32 Å². The minimum Gasteiger partial charge on any atom is -0.382 e. The normalized spacial score (nSPS) is 15.7. The number of nitrogens with one attached hydrogen (secondary N) is 1. The molecule has 1 aliphatic rings. The fourth-order valence-electron chi connectivity index (χ4n) is 2.75. The molecule has 0 spiro atoms. The Morgan fingerprint density at radius 2 is 2.14 bits per heavy atom. The van der Waals surface area contributed by atoms with E-state index in [0.29, 0.717) is 6.10 Å². The molecule has 0 aromatic carbocycles. The van der Waals surface area contributed by atoms with Crippen molar-refractivity contribution in [1.29, 1.82) is 0 Å². The maximum absolute atomic E-state index is 5.93. The van der Waals surface area contributed by atoms with Gasteiger partial charge in [-0.1, -0.05) is 12.8 Å². The fraction of sp³-hybridized carbons (Fsp3) is 0.812. The van der Waals surface area contributed by atoms with Gasteiger partial charge < -0.3 is 19.4 Å². The topological polar surface area (TPSA) is 48.3 Å². The van der Waals surface area contributed by atoms with Gasteiger partial charge in [-0.2, -0.15) is 0 Å². The van der Waals surface area contributed by atoms with E-state index in [1.54, 1.807) is 0 Å². The highest BCUT2D eigenvalue weighted by Crippen LogP contribution is 2.21. The Kier molecular flexibility index (Phi) is 7.03. The molecule has 0 atom stereocenters. The smallest absolute Gasteiger partial charge is 0.203 e. The summed E-state index contributed by atoms with van der Waals surface area (Å²) >= 11 is 0. The molecule has 0 radical (unpaired) electrons. The van der Waals surface area contributed by atoms with Crippen molar-refractivity contribution in [3.8, 4) is 0 Å². The Hall–Kier alpha value is -1.07. The zero-order chi connectivity index (χ0) is 14.9. The predicted octanol–water partition coefficient (Wildman–Crippen LogP) is 2.99. The van der Waals surface area contributed by atoms with E-state index in [4.69, 9.17) is 9.47 Å². The molecule has 1 fully saturated rings. The molecular formula is C16H29N3O2. The number of aryl methyl sites for hydroxylation is 1. The van der Waals surface area contributed by atoms with Gasteiger partial charge in [0.1, 0.15) is 0 Å². The standard InChI is InChI=1S/C16H29N3O2/c1-3-20-11-6-9-17-16-18-14(2)13-19(16)10-12-21-15-7-4-5-8-15/h13,15H,3-12H2,1-2H3,(H,17,18). The van der Waals surface area contributed by atoms with E-state index >= 15 is 0 Å². The van der Waals surface area contributed by atoms with Crippen molar-refractivity contribution in [3.63, 3.8) is 0 Å². The number of aromatic nitrogens is 2. The first-order valence-corrected chi connectivity index (χ1v) is 8.26. The summed E-state index contributed by atoms with van der Waals surface area (Å²) in [4.78, 5) is 4.53. The van der Waals surface area contributed by atoms with E-state index in [1.165, 1.54) is 25.7 Å². The third kappa shape index (κ3) is 5.67. The van der Waals surface area contributed by atoms with E-state index in [2.05, 4.69) is 21.1 Å². The van der Waals surface area contributed by atoms with Crippen LogP contribution in [-0.2, 0) is 16.0 Å². The van der Waals surface area contributed by atoms with Crippen molar-refractivity contribution >= 4 is 5.95 Å². The third-order valence-corrected chi connectivity index (χ3v) is 3.84. The van der Waals surface area contributed by atoms with Crippen molar-refractivity contribution in [2.45, 2.75) is 58.6 Å². The Morgan fingerprint density at radius 1 is 1.33 bits per heavy atom. The maximum Gasteiger partial charge on any atom is 0.203 e. The first-order chi connectivity index (χ1) is 10.3. The lowest BCUT2D eigenvalue weighted by atomic mass is 10.3. The largest absolute Gasteiger partial charge is 0.382 e. The molecule has 5 heteroatoms. The van der Waals surface area contributed by atoms with Crippen molar-refractivity contribution in [3.05, 3.63) is 11.9 Å². The van der Waals surface area contributed by atoms with Crippen molar-refractivity contribution in [1.82, 2.24) is 9.55 Å². The van der Waals surface area contributed by atoms with Crippen molar-refractivity contribution < 1.29 is 9.47 Å². The predicted molar refractivity (Wildman–Crippen MR) is 84.8 cm³/mol. The highest BCUT2D eigenvalue weighted by molar-refractivity contribution is 5.28. The molecule has 1 saturated carbocycles. The van der Waals surface area contributed by atoms with Gasteiger partial charge in [-0.3, -0.25) is 0 Å². The highest BCUT2D eigenvalue weighted by atomic mass is 16.5. The van der Waals surface area contributed by atoms with Gasteiger partial charge in [-0.25, -0.2) is 4.98 Å². The van der Waals surface area contributed by atoms with Crippen LogP contribution in [0.5, 0.6) is 0 Å². The third-order valence-electron chi connectivity index (χ3n) is 3.84. The van der Waals surface area contributed by atoms with E-state index in [9.17, 15) is 0 Å². The second-order valence-electron chi connectivity index (χ2n) is 5.65. The number of nitrogens with zero attached hydrogens (tertiary/aromatic N) is 2. The molecule has 2 rings (SSSR count). The van der Waals surface area contributed by atoms with Gasteiger partial charge >= 0.3 is 0 Å². The van der Waals surface area contributed by atoms with E-state index in [-0.39, 0.29) is 0 Å². The summed E-state index contributed by atoms with van der Waals surface area (Å²) in [5, 5.41) is 3.39. The van der Waals surface area contributed by atoms with Gasteiger partial charge in [0.05, 0.1) is 18.4 Å². The molecule has 1 aromatic heterocycles. The van der Waals surface area contributed by atoms with Crippen LogP contribution in [0.3, 0.4) is 0 Å². The number of ether oxygens (including phenoxy) is 2. The molecule has 120 valence electrons. The minimum absolute atomic E-state index is 0.484. The summed E-state index contributed by atoms with van der Waals surface area (Å²) in [6, 6.07) is 0. The summed E-state index contributed by atoms with van der Waals surface area (Å²) < 4.78 is 13.4. The minimum atomic E-state index is 0.484. The first kappa shape index (κ1) is 16.3. The summed E-state index contributed by atoms with van der Waals surface area (Å²) in [6.07, 6.45) is 8.67. The molecule has 1 aliphatic carbocycles. The van der Waals surface area contributed by atoms with Crippen molar-refractivity contribution in [2.24, 2.45) is 0 Å². The second kappa shape index (κ2) is 9.05. The lowest BCUT2D eigenvalue weighted by molar-refractivity contribution is 0.0532. The maximum atomic E-state index is 5.93. The lowest BCUT2D eigenvalue weighted by Gasteiger charge is -2.13. The molecule has 1 aromatic rings. The van der Waals surface area contributed by atoms with E-state index < -0.39 is 0 Å². The van der Waals surface area contributed by atoms with Gasteiger partial charge in [-0.05, 0) is 33.1 Å². The van der Waals surface area contributed by atoms with Crippen LogP contribution in [0.25, 0.3) is 0 Å². The van der Waals surface area contributed by atoms with Crippen LogP contribution in [0.2, 0.25) is 0 Å². The molecule has 21 heavy (non-hydrogen) atoms. The Bertz CT molecular complexity index is 400. The molecule has 0 amide bonds. The Balaban J connectivity index is 1.70. The molecule has 1 heterocycles.